The summed E-state index contributed by atoms with van der Waals surface area (Å²) >= 11 is 0. The van der Waals surface area contributed by atoms with Crippen molar-refractivity contribution in [1.82, 2.24) is 9.13 Å². The number of fused-ring (bicyclic) bond motifs is 6. The van der Waals surface area contributed by atoms with Crippen LogP contribution in [0, 0.1) is 0 Å². The van der Waals surface area contributed by atoms with E-state index in [0.29, 0.717) is 0 Å². The molecule has 298 valence electrons. The molecular weight excluding hydrogens is 763 g/mol. The molecule has 11 aromatic rings. The largest absolute Gasteiger partial charge is 0.310 e. The number of nitrogens with zero attached hydrogens (tertiary/aromatic N) is 3. The molecule has 0 radical (unpaired) electrons. The quantitative estimate of drug-likeness (QED) is 0.149. The number of allylic oxidation sites excluding steroid dienone is 4. The van der Waals surface area contributed by atoms with Crippen LogP contribution in [0.15, 0.2) is 237 Å². The van der Waals surface area contributed by atoms with Crippen molar-refractivity contribution in [2.75, 3.05) is 4.90 Å². The van der Waals surface area contributed by atoms with Crippen molar-refractivity contribution in [2.24, 2.45) is 0 Å². The van der Waals surface area contributed by atoms with E-state index in [-0.39, 0.29) is 0 Å². The monoisotopic (exact) mass is 805 g/mol. The third-order valence-corrected chi connectivity index (χ3v) is 12.7. The van der Waals surface area contributed by atoms with Crippen LogP contribution in [0.5, 0.6) is 0 Å². The minimum absolute atomic E-state index is 1.06. The number of hydrogen-bond acceptors (Lipinski definition) is 1. The Hall–Kier alpha value is -8.14. The Morgan fingerprint density at radius 1 is 0.317 bits per heavy atom. The van der Waals surface area contributed by atoms with Crippen molar-refractivity contribution in [1.29, 1.82) is 0 Å². The van der Waals surface area contributed by atoms with Gasteiger partial charge in [0, 0.05) is 50.0 Å². The highest BCUT2D eigenvalue weighted by Gasteiger charge is 2.19. The van der Waals surface area contributed by atoms with Gasteiger partial charge in [-0.25, -0.2) is 0 Å². The van der Waals surface area contributed by atoms with Crippen LogP contribution in [-0.4, -0.2) is 9.13 Å². The number of anilines is 3. The second kappa shape index (κ2) is 15.4. The minimum Gasteiger partial charge on any atom is -0.310 e. The van der Waals surface area contributed by atoms with Gasteiger partial charge in [0.05, 0.1) is 22.1 Å². The molecule has 0 bridgehead atoms. The zero-order chi connectivity index (χ0) is 41.7. The van der Waals surface area contributed by atoms with E-state index in [2.05, 4.69) is 251 Å². The number of rotatable bonds is 8. The van der Waals surface area contributed by atoms with Gasteiger partial charge in [0.2, 0.25) is 0 Å². The van der Waals surface area contributed by atoms with Gasteiger partial charge in [-0.05, 0) is 137 Å². The van der Waals surface area contributed by atoms with E-state index in [9.17, 15) is 0 Å². The van der Waals surface area contributed by atoms with Gasteiger partial charge in [-0.3, -0.25) is 0 Å². The van der Waals surface area contributed by atoms with Gasteiger partial charge in [0.1, 0.15) is 0 Å². The molecule has 3 heteroatoms. The molecule has 0 spiro atoms. The molecule has 0 unspecified atom stereocenters. The van der Waals surface area contributed by atoms with E-state index < -0.39 is 0 Å². The highest BCUT2D eigenvalue weighted by molar-refractivity contribution is 6.12. The molecule has 63 heavy (non-hydrogen) atoms. The van der Waals surface area contributed by atoms with E-state index in [1.54, 1.807) is 0 Å². The fourth-order valence-corrected chi connectivity index (χ4v) is 9.73. The maximum atomic E-state index is 2.43. The van der Waals surface area contributed by atoms with Crippen LogP contribution in [0.3, 0.4) is 0 Å². The fraction of sp³-hybridized carbons (Fsp3) is 0.0333. The lowest BCUT2D eigenvalue weighted by Crippen LogP contribution is -2.10. The number of hydrogen-bond donors (Lipinski definition) is 0. The van der Waals surface area contributed by atoms with Gasteiger partial charge in [-0.1, -0.05) is 146 Å². The summed E-state index contributed by atoms with van der Waals surface area (Å²) in [5.74, 6) is 0. The summed E-state index contributed by atoms with van der Waals surface area (Å²) in [7, 11) is 0. The predicted molar refractivity (Wildman–Crippen MR) is 267 cm³/mol. The van der Waals surface area contributed by atoms with Gasteiger partial charge in [0.25, 0.3) is 0 Å². The van der Waals surface area contributed by atoms with Gasteiger partial charge in [0.15, 0.2) is 0 Å². The van der Waals surface area contributed by atoms with Crippen molar-refractivity contribution < 1.29 is 0 Å². The van der Waals surface area contributed by atoms with Crippen LogP contribution in [0.4, 0.5) is 17.1 Å². The van der Waals surface area contributed by atoms with Crippen LogP contribution < -0.4 is 4.90 Å². The molecule has 0 atom stereocenters. The Kier molecular flexibility index (Phi) is 8.97. The molecule has 2 aromatic heterocycles. The second-order valence-electron chi connectivity index (χ2n) is 16.5. The predicted octanol–water partition coefficient (Wildman–Crippen LogP) is 16.6. The zero-order valence-corrected chi connectivity index (χ0v) is 34.8. The summed E-state index contributed by atoms with van der Waals surface area (Å²) in [5.41, 5.74) is 17.6. The van der Waals surface area contributed by atoms with E-state index in [0.717, 1.165) is 52.3 Å². The van der Waals surface area contributed by atoms with Crippen LogP contribution in [0.1, 0.15) is 12.8 Å². The molecule has 0 aliphatic heterocycles. The molecule has 0 saturated carbocycles. The van der Waals surface area contributed by atoms with Crippen LogP contribution in [-0.2, 0) is 0 Å². The Balaban J connectivity index is 1.07. The molecule has 0 fully saturated rings. The second-order valence-corrected chi connectivity index (χ2v) is 16.5. The third kappa shape index (κ3) is 6.45. The Morgan fingerprint density at radius 3 is 1.51 bits per heavy atom. The summed E-state index contributed by atoms with van der Waals surface area (Å²) in [6.07, 6.45) is 9.08. The summed E-state index contributed by atoms with van der Waals surface area (Å²) < 4.78 is 4.86. The maximum Gasteiger partial charge on any atom is 0.0547 e. The molecule has 0 amide bonds. The lowest BCUT2D eigenvalue weighted by atomic mass is 9.95. The van der Waals surface area contributed by atoms with Crippen molar-refractivity contribution in [3.05, 3.63) is 237 Å². The topological polar surface area (TPSA) is 13.1 Å². The Bertz CT molecular complexity index is 3500. The van der Waals surface area contributed by atoms with E-state index in [1.807, 2.05) is 0 Å². The average Bonchev–Trinajstić information content (AvgIpc) is 3.87. The normalized spacial score (nSPS) is 12.7. The molecular formula is C60H43N3. The Morgan fingerprint density at radius 2 is 0.841 bits per heavy atom. The smallest absolute Gasteiger partial charge is 0.0547 e. The molecule has 2 heterocycles. The van der Waals surface area contributed by atoms with Crippen molar-refractivity contribution in [2.45, 2.75) is 12.8 Å². The Labute approximate surface area is 367 Å². The van der Waals surface area contributed by atoms with Crippen molar-refractivity contribution in [3.63, 3.8) is 0 Å². The zero-order valence-electron chi connectivity index (χ0n) is 34.8. The van der Waals surface area contributed by atoms with Gasteiger partial charge in [-0.2, -0.15) is 0 Å². The first-order valence-corrected chi connectivity index (χ1v) is 21.9. The molecule has 9 aromatic carbocycles. The average molecular weight is 806 g/mol. The molecule has 3 nitrogen and oxygen atoms in total. The molecule has 0 saturated heterocycles. The van der Waals surface area contributed by atoms with Gasteiger partial charge in [-0.15, -0.1) is 0 Å². The molecule has 0 N–H and O–H groups in total. The van der Waals surface area contributed by atoms with Crippen molar-refractivity contribution in [3.8, 4) is 39.1 Å². The highest BCUT2D eigenvalue weighted by Crippen LogP contribution is 2.43. The first-order valence-electron chi connectivity index (χ1n) is 21.9. The lowest BCUT2D eigenvalue weighted by Gasteiger charge is -2.27. The highest BCUT2D eigenvalue weighted by atomic mass is 15.1. The maximum absolute atomic E-state index is 2.43. The minimum atomic E-state index is 1.06. The lowest BCUT2D eigenvalue weighted by molar-refractivity contribution is 1.02. The van der Waals surface area contributed by atoms with Gasteiger partial charge < -0.3 is 14.0 Å². The standard InChI is InChI=1S/C60H43N3/c1-5-17-42(18-6-1)43-29-33-51(34-30-43)63-57-27-15-13-25-53(57)55-35-31-45(41-60(55)63)47-37-46(38-52(39-47)61(48-19-7-2-8-20-48)49-21-9-3-10-22-49)44-32-36-59-56(40-44)54-26-14-16-28-58(54)62(59)50-23-11-4-12-24-50/h1-3,5-11,13-41H,4,12H2. The first kappa shape index (κ1) is 36.7. The number of para-hydroxylation sites is 4. The number of benzene rings is 9. The number of aromatic nitrogens is 2. The van der Waals surface area contributed by atoms with Crippen LogP contribution >= 0.6 is 0 Å². The van der Waals surface area contributed by atoms with E-state index in [4.69, 9.17) is 0 Å². The first-order chi connectivity index (χ1) is 31.2. The summed E-state index contributed by atoms with van der Waals surface area (Å²) in [4.78, 5) is 2.38. The van der Waals surface area contributed by atoms with Crippen LogP contribution in [0.25, 0.3) is 88.4 Å². The van der Waals surface area contributed by atoms with E-state index >= 15 is 0 Å². The molecule has 12 rings (SSSR count). The fourth-order valence-electron chi connectivity index (χ4n) is 9.73. The summed E-state index contributed by atoms with van der Waals surface area (Å²) in [6, 6.07) is 79.8. The summed E-state index contributed by atoms with van der Waals surface area (Å²) in [6.45, 7) is 0. The third-order valence-electron chi connectivity index (χ3n) is 12.7. The van der Waals surface area contributed by atoms with Crippen LogP contribution in [0.2, 0.25) is 0 Å². The van der Waals surface area contributed by atoms with E-state index in [1.165, 1.54) is 66.0 Å². The molecule has 1 aliphatic rings. The van der Waals surface area contributed by atoms with Gasteiger partial charge >= 0.3 is 0 Å². The molecule has 1 aliphatic carbocycles. The van der Waals surface area contributed by atoms with Crippen molar-refractivity contribution >= 4 is 66.4 Å². The summed E-state index contributed by atoms with van der Waals surface area (Å²) in [5, 5.41) is 4.99. The SMILES string of the molecule is C1=CC(n2c3ccccc3c3cc(-c4cc(-c5ccc6c7ccccc7n(-c7ccc(-c8ccccc8)cc7)c6c5)cc(N(c5ccccc5)c5ccccc5)c4)ccc32)=CCC1.